The van der Waals surface area contributed by atoms with E-state index in [4.69, 9.17) is 32.7 Å². The molecule has 9 nitrogen and oxygen atoms in total. The number of carbonyl (C=O) groups excluding carboxylic acids is 2. The van der Waals surface area contributed by atoms with E-state index < -0.39 is 23.4 Å². The lowest BCUT2D eigenvalue weighted by Crippen LogP contribution is -2.44. The van der Waals surface area contributed by atoms with Gasteiger partial charge in [0.25, 0.3) is 5.95 Å². The summed E-state index contributed by atoms with van der Waals surface area (Å²) < 4.78 is 12.1. The SMILES string of the molecule is CC(C)(C)OC(=O)N(C(=O)OC(C)(C)C)c1nc2cc(-c3ccc(Cl)c(Cl)n3)ccn2n1. The van der Waals surface area contributed by atoms with Crippen LogP contribution in [-0.2, 0) is 9.47 Å². The second-order valence-electron chi connectivity index (χ2n) is 8.90. The normalized spacial score (nSPS) is 12.0. The van der Waals surface area contributed by atoms with Crippen LogP contribution in [0.4, 0.5) is 15.5 Å². The van der Waals surface area contributed by atoms with Gasteiger partial charge in [-0.1, -0.05) is 23.2 Å². The third-order valence-corrected chi connectivity index (χ3v) is 4.47. The van der Waals surface area contributed by atoms with Crippen LogP contribution in [0.5, 0.6) is 0 Å². The van der Waals surface area contributed by atoms with Crippen LogP contribution in [-0.4, -0.2) is 43.0 Å². The van der Waals surface area contributed by atoms with Gasteiger partial charge in [-0.15, -0.1) is 10.00 Å². The van der Waals surface area contributed by atoms with Crippen molar-refractivity contribution < 1.29 is 19.1 Å². The molecule has 0 unspecified atom stereocenters. The first kappa shape index (κ1) is 23.7. The van der Waals surface area contributed by atoms with E-state index in [2.05, 4.69) is 15.1 Å². The summed E-state index contributed by atoms with van der Waals surface area (Å²) in [5.74, 6) is -0.187. The number of imide groups is 1. The molecule has 32 heavy (non-hydrogen) atoms. The second kappa shape index (κ2) is 8.55. The van der Waals surface area contributed by atoms with Gasteiger partial charge in [0, 0.05) is 11.8 Å². The molecule has 0 spiro atoms. The van der Waals surface area contributed by atoms with Crippen molar-refractivity contribution in [3.63, 3.8) is 0 Å². The molecule has 0 bridgehead atoms. The first-order valence-electron chi connectivity index (χ1n) is 9.68. The fourth-order valence-corrected chi connectivity index (χ4v) is 2.81. The molecule has 170 valence electrons. The molecule has 2 amide bonds. The van der Waals surface area contributed by atoms with E-state index in [0.29, 0.717) is 26.8 Å². The number of rotatable bonds is 2. The Morgan fingerprint density at radius 1 is 0.938 bits per heavy atom. The number of carbonyl (C=O) groups is 2. The summed E-state index contributed by atoms with van der Waals surface area (Å²) >= 11 is 12.0. The third-order valence-electron chi connectivity index (χ3n) is 3.78. The molecule has 0 saturated heterocycles. The Hall–Kier alpha value is -2.91. The maximum atomic E-state index is 12.8. The smallest absolute Gasteiger partial charge is 0.427 e. The van der Waals surface area contributed by atoms with Gasteiger partial charge in [0.05, 0.1) is 10.7 Å². The van der Waals surface area contributed by atoms with Crippen molar-refractivity contribution in [1.29, 1.82) is 0 Å². The molecule has 3 rings (SSSR count). The highest BCUT2D eigenvalue weighted by atomic mass is 35.5. The molecule has 0 N–H and O–H groups in total. The fourth-order valence-electron chi connectivity index (χ4n) is 2.55. The number of pyridine rings is 2. The third kappa shape index (κ3) is 5.66. The molecule has 0 saturated carbocycles. The van der Waals surface area contributed by atoms with Gasteiger partial charge in [-0.05, 0) is 65.8 Å². The number of hydrogen-bond donors (Lipinski definition) is 0. The minimum absolute atomic E-state index is 0.173. The lowest BCUT2D eigenvalue weighted by molar-refractivity contribution is 0.0427. The first-order valence-corrected chi connectivity index (χ1v) is 10.4. The van der Waals surface area contributed by atoms with E-state index in [0.717, 1.165) is 0 Å². The molecule has 0 aliphatic rings. The quantitative estimate of drug-likeness (QED) is 0.429. The largest absolute Gasteiger partial charge is 0.443 e. The minimum atomic E-state index is -0.950. The van der Waals surface area contributed by atoms with E-state index in [1.807, 2.05) is 0 Å². The Morgan fingerprint density at radius 3 is 2.06 bits per heavy atom. The number of fused-ring (bicyclic) bond motifs is 1. The van der Waals surface area contributed by atoms with E-state index in [9.17, 15) is 9.59 Å². The summed E-state index contributed by atoms with van der Waals surface area (Å²) in [6.07, 6.45) is -0.281. The number of nitrogens with zero attached hydrogens (tertiary/aromatic N) is 5. The predicted molar refractivity (Wildman–Crippen MR) is 121 cm³/mol. The van der Waals surface area contributed by atoms with Crippen molar-refractivity contribution in [2.75, 3.05) is 4.90 Å². The summed E-state index contributed by atoms with van der Waals surface area (Å²) in [6, 6.07) is 6.78. The van der Waals surface area contributed by atoms with E-state index in [-0.39, 0.29) is 11.1 Å². The highest BCUT2D eigenvalue weighted by molar-refractivity contribution is 6.41. The number of amides is 2. The van der Waals surface area contributed by atoms with Crippen LogP contribution in [0.2, 0.25) is 10.2 Å². The second-order valence-corrected chi connectivity index (χ2v) is 9.66. The maximum Gasteiger partial charge on any atom is 0.427 e. The number of aromatic nitrogens is 4. The number of halogens is 2. The molecule has 0 fully saturated rings. The van der Waals surface area contributed by atoms with Gasteiger partial charge >= 0.3 is 12.2 Å². The standard InChI is InChI=1S/C21H23Cl2N5O4/c1-20(2,3)31-18(29)28(19(30)32-21(4,5)6)17-25-15-11-12(9-10-27(15)26-17)14-8-7-13(22)16(23)24-14/h7-11H,1-6H3. The zero-order valence-electron chi connectivity index (χ0n) is 18.5. The van der Waals surface area contributed by atoms with Gasteiger partial charge in [0.15, 0.2) is 5.65 Å². The number of ether oxygens (including phenoxy) is 2. The highest BCUT2D eigenvalue weighted by Gasteiger charge is 2.35. The van der Waals surface area contributed by atoms with Gasteiger partial charge in [-0.2, -0.15) is 4.98 Å². The summed E-state index contributed by atoms with van der Waals surface area (Å²) in [5, 5.41) is 4.76. The first-order chi connectivity index (χ1) is 14.7. The van der Waals surface area contributed by atoms with Crippen LogP contribution in [0, 0.1) is 0 Å². The molecule has 3 heterocycles. The molecule has 0 radical (unpaired) electrons. The summed E-state index contributed by atoms with van der Waals surface area (Å²) in [4.78, 5) is 34.8. The van der Waals surface area contributed by atoms with Crippen LogP contribution in [0.1, 0.15) is 41.5 Å². The average Bonchev–Trinajstić information content (AvgIpc) is 3.03. The van der Waals surface area contributed by atoms with Crippen molar-refractivity contribution in [1.82, 2.24) is 19.6 Å². The zero-order chi connectivity index (χ0) is 23.8. The van der Waals surface area contributed by atoms with Gasteiger partial charge < -0.3 is 9.47 Å². The predicted octanol–water partition coefficient (Wildman–Crippen LogP) is 5.77. The van der Waals surface area contributed by atoms with Gasteiger partial charge in [0.2, 0.25) is 0 Å². The van der Waals surface area contributed by atoms with Crippen molar-refractivity contribution in [3.05, 3.63) is 40.6 Å². The molecule has 0 atom stereocenters. The van der Waals surface area contributed by atoms with Crippen molar-refractivity contribution in [2.24, 2.45) is 0 Å². The Kier molecular flexibility index (Phi) is 6.35. The van der Waals surface area contributed by atoms with E-state index in [1.165, 1.54) is 4.52 Å². The van der Waals surface area contributed by atoms with Gasteiger partial charge in [-0.3, -0.25) is 0 Å². The average molecular weight is 480 g/mol. The topological polar surface area (TPSA) is 98.9 Å². The van der Waals surface area contributed by atoms with Crippen LogP contribution in [0.3, 0.4) is 0 Å². The van der Waals surface area contributed by atoms with E-state index >= 15 is 0 Å². The molecule has 0 aliphatic heterocycles. The molecule has 3 aromatic rings. The minimum Gasteiger partial charge on any atom is -0.443 e. The van der Waals surface area contributed by atoms with Gasteiger partial charge in [-0.25, -0.2) is 19.1 Å². The summed E-state index contributed by atoms with van der Waals surface area (Å²) in [6.45, 7) is 10.1. The van der Waals surface area contributed by atoms with Crippen molar-refractivity contribution >= 4 is 47.0 Å². The van der Waals surface area contributed by atoms with Crippen LogP contribution >= 0.6 is 23.2 Å². The molecule has 0 aliphatic carbocycles. The Balaban J connectivity index is 2.02. The monoisotopic (exact) mass is 479 g/mol. The number of hydrogen-bond acceptors (Lipinski definition) is 7. The lowest BCUT2D eigenvalue weighted by Gasteiger charge is -2.26. The van der Waals surface area contributed by atoms with Crippen LogP contribution < -0.4 is 4.90 Å². The van der Waals surface area contributed by atoms with Crippen LogP contribution in [0.25, 0.3) is 16.9 Å². The fraction of sp³-hybridized carbons (Fsp3) is 0.381. The molecular weight excluding hydrogens is 457 g/mol. The summed E-state index contributed by atoms with van der Waals surface area (Å²) in [5.41, 5.74) is -0.0620. The van der Waals surface area contributed by atoms with E-state index in [1.54, 1.807) is 72.0 Å². The molecule has 11 heteroatoms. The maximum absolute atomic E-state index is 12.8. The highest BCUT2D eigenvalue weighted by Crippen LogP contribution is 2.26. The zero-order valence-corrected chi connectivity index (χ0v) is 20.0. The van der Waals surface area contributed by atoms with Crippen LogP contribution in [0.15, 0.2) is 30.5 Å². The number of anilines is 1. The van der Waals surface area contributed by atoms with Crippen molar-refractivity contribution in [3.8, 4) is 11.3 Å². The Labute approximate surface area is 195 Å². The Morgan fingerprint density at radius 2 is 1.53 bits per heavy atom. The van der Waals surface area contributed by atoms with Crippen molar-refractivity contribution in [2.45, 2.75) is 52.7 Å². The molecule has 0 aromatic carbocycles. The molecular formula is C21H23Cl2N5O4. The Bertz CT molecular complexity index is 1150. The van der Waals surface area contributed by atoms with Gasteiger partial charge in [0.1, 0.15) is 16.4 Å². The summed E-state index contributed by atoms with van der Waals surface area (Å²) in [7, 11) is 0. The lowest BCUT2D eigenvalue weighted by atomic mass is 10.2. The molecule has 3 aromatic heterocycles.